The molecule has 88 valence electrons. The van der Waals surface area contributed by atoms with Gasteiger partial charge in [0.1, 0.15) is 0 Å². The summed E-state index contributed by atoms with van der Waals surface area (Å²) in [7, 11) is 0. The van der Waals surface area contributed by atoms with E-state index in [-0.39, 0.29) is 0 Å². The van der Waals surface area contributed by atoms with Crippen LogP contribution < -0.4 is 5.73 Å². The SMILES string of the molecule is Nc1ncc(-c2ccc(Cl)cc2)n1C1CCC1. The second-order valence-corrected chi connectivity index (χ2v) is 4.90. The molecule has 1 aliphatic rings. The molecule has 0 spiro atoms. The summed E-state index contributed by atoms with van der Waals surface area (Å²) in [5.74, 6) is 0.611. The Kier molecular flexibility index (Phi) is 2.56. The Morgan fingerprint density at radius 1 is 1.24 bits per heavy atom. The van der Waals surface area contributed by atoms with Crippen molar-refractivity contribution in [2.24, 2.45) is 0 Å². The maximum atomic E-state index is 5.94. The molecule has 0 bridgehead atoms. The Hall–Kier alpha value is -1.48. The Bertz CT molecular complexity index is 526. The highest BCUT2D eigenvalue weighted by Gasteiger charge is 2.24. The number of imidazole rings is 1. The summed E-state index contributed by atoms with van der Waals surface area (Å²) in [5.41, 5.74) is 8.15. The molecule has 2 N–H and O–H groups in total. The van der Waals surface area contributed by atoms with E-state index < -0.39 is 0 Å². The van der Waals surface area contributed by atoms with Gasteiger partial charge in [-0.25, -0.2) is 4.98 Å². The normalized spacial score (nSPS) is 15.8. The Morgan fingerprint density at radius 2 is 1.94 bits per heavy atom. The van der Waals surface area contributed by atoms with E-state index in [1.807, 2.05) is 30.5 Å². The Labute approximate surface area is 105 Å². The van der Waals surface area contributed by atoms with Crippen LogP contribution in [0, 0.1) is 0 Å². The van der Waals surface area contributed by atoms with Gasteiger partial charge in [0.25, 0.3) is 0 Å². The van der Waals surface area contributed by atoms with Gasteiger partial charge in [0, 0.05) is 11.1 Å². The quantitative estimate of drug-likeness (QED) is 0.883. The number of benzene rings is 1. The van der Waals surface area contributed by atoms with E-state index in [1.54, 1.807) is 0 Å². The number of nitrogens with two attached hydrogens (primary N) is 1. The lowest BCUT2D eigenvalue weighted by molar-refractivity contribution is 0.319. The van der Waals surface area contributed by atoms with E-state index in [2.05, 4.69) is 9.55 Å². The third-order valence-corrected chi connectivity index (χ3v) is 3.66. The average Bonchev–Trinajstić information content (AvgIpc) is 2.61. The molecule has 3 nitrogen and oxygen atoms in total. The Balaban J connectivity index is 2.05. The zero-order valence-corrected chi connectivity index (χ0v) is 10.2. The monoisotopic (exact) mass is 247 g/mol. The minimum Gasteiger partial charge on any atom is -0.369 e. The highest BCUT2D eigenvalue weighted by Crippen LogP contribution is 2.37. The summed E-state index contributed by atoms with van der Waals surface area (Å²) < 4.78 is 2.15. The van der Waals surface area contributed by atoms with Gasteiger partial charge in [-0.15, -0.1) is 0 Å². The first-order chi connectivity index (χ1) is 8.25. The van der Waals surface area contributed by atoms with Gasteiger partial charge in [-0.2, -0.15) is 0 Å². The van der Waals surface area contributed by atoms with Gasteiger partial charge in [0.2, 0.25) is 5.95 Å². The zero-order valence-electron chi connectivity index (χ0n) is 9.44. The summed E-state index contributed by atoms with van der Waals surface area (Å²) in [6.45, 7) is 0. The predicted molar refractivity (Wildman–Crippen MR) is 70.0 cm³/mol. The molecule has 0 amide bonds. The third-order valence-electron chi connectivity index (χ3n) is 3.41. The molecule has 0 saturated heterocycles. The largest absolute Gasteiger partial charge is 0.369 e. The lowest BCUT2D eigenvalue weighted by Gasteiger charge is -2.29. The Morgan fingerprint density at radius 3 is 2.53 bits per heavy atom. The first-order valence-corrected chi connectivity index (χ1v) is 6.22. The van der Waals surface area contributed by atoms with E-state index in [4.69, 9.17) is 17.3 Å². The van der Waals surface area contributed by atoms with Crippen LogP contribution in [-0.4, -0.2) is 9.55 Å². The van der Waals surface area contributed by atoms with Gasteiger partial charge in [-0.1, -0.05) is 23.7 Å². The molecule has 0 atom stereocenters. The molecule has 3 rings (SSSR count). The van der Waals surface area contributed by atoms with Crippen LogP contribution in [0.2, 0.25) is 5.02 Å². The summed E-state index contributed by atoms with van der Waals surface area (Å²) in [6, 6.07) is 8.32. The maximum absolute atomic E-state index is 5.94. The fourth-order valence-electron chi connectivity index (χ4n) is 2.24. The van der Waals surface area contributed by atoms with Crippen molar-refractivity contribution < 1.29 is 0 Å². The van der Waals surface area contributed by atoms with Gasteiger partial charge in [0.05, 0.1) is 11.9 Å². The number of hydrogen-bond donors (Lipinski definition) is 1. The van der Waals surface area contributed by atoms with Crippen LogP contribution in [0.3, 0.4) is 0 Å². The molecule has 1 fully saturated rings. The van der Waals surface area contributed by atoms with Gasteiger partial charge >= 0.3 is 0 Å². The van der Waals surface area contributed by atoms with Crippen molar-refractivity contribution in [1.29, 1.82) is 0 Å². The highest BCUT2D eigenvalue weighted by atomic mass is 35.5. The minimum absolute atomic E-state index is 0.517. The molecule has 4 heteroatoms. The summed E-state index contributed by atoms with van der Waals surface area (Å²) >= 11 is 5.90. The molecule has 2 aromatic rings. The third kappa shape index (κ3) is 1.80. The number of aromatic nitrogens is 2. The van der Waals surface area contributed by atoms with E-state index >= 15 is 0 Å². The second kappa shape index (κ2) is 4.08. The number of rotatable bonds is 2. The number of halogens is 1. The molecule has 1 aliphatic carbocycles. The molecule has 1 aromatic carbocycles. The first-order valence-electron chi connectivity index (χ1n) is 5.84. The lowest BCUT2D eigenvalue weighted by Crippen LogP contribution is -2.19. The van der Waals surface area contributed by atoms with Gasteiger partial charge in [0.15, 0.2) is 0 Å². The highest BCUT2D eigenvalue weighted by molar-refractivity contribution is 6.30. The second-order valence-electron chi connectivity index (χ2n) is 4.46. The van der Waals surface area contributed by atoms with E-state index in [9.17, 15) is 0 Å². The van der Waals surface area contributed by atoms with Crippen LogP contribution in [0.5, 0.6) is 0 Å². The van der Waals surface area contributed by atoms with Crippen molar-refractivity contribution in [3.05, 3.63) is 35.5 Å². The van der Waals surface area contributed by atoms with Crippen LogP contribution in [0.4, 0.5) is 5.95 Å². The van der Waals surface area contributed by atoms with E-state index in [0.29, 0.717) is 12.0 Å². The molecular weight excluding hydrogens is 234 g/mol. The van der Waals surface area contributed by atoms with E-state index in [0.717, 1.165) is 16.3 Å². The van der Waals surface area contributed by atoms with Crippen LogP contribution in [0.1, 0.15) is 25.3 Å². The fraction of sp³-hybridized carbons (Fsp3) is 0.308. The van der Waals surface area contributed by atoms with Crippen LogP contribution in [0.25, 0.3) is 11.3 Å². The van der Waals surface area contributed by atoms with Gasteiger partial charge < -0.3 is 10.3 Å². The number of nitrogens with zero attached hydrogens (tertiary/aromatic N) is 2. The zero-order chi connectivity index (χ0) is 11.8. The maximum Gasteiger partial charge on any atom is 0.200 e. The minimum atomic E-state index is 0.517. The van der Waals surface area contributed by atoms with Crippen molar-refractivity contribution in [1.82, 2.24) is 9.55 Å². The summed E-state index contributed by atoms with van der Waals surface area (Å²) in [4.78, 5) is 4.23. The van der Waals surface area contributed by atoms with Gasteiger partial charge in [-0.3, -0.25) is 0 Å². The van der Waals surface area contributed by atoms with Crippen molar-refractivity contribution >= 4 is 17.5 Å². The molecule has 1 aromatic heterocycles. The summed E-state index contributed by atoms with van der Waals surface area (Å²) in [5, 5.41) is 0.747. The van der Waals surface area contributed by atoms with Crippen molar-refractivity contribution in [2.75, 3.05) is 5.73 Å². The smallest absolute Gasteiger partial charge is 0.200 e. The molecule has 1 saturated carbocycles. The summed E-state index contributed by atoms with van der Waals surface area (Å²) in [6.07, 6.45) is 5.52. The van der Waals surface area contributed by atoms with Crippen molar-refractivity contribution in [2.45, 2.75) is 25.3 Å². The number of anilines is 1. The van der Waals surface area contributed by atoms with Gasteiger partial charge in [-0.05, 0) is 37.0 Å². The van der Waals surface area contributed by atoms with Crippen LogP contribution in [0.15, 0.2) is 30.5 Å². The molecular formula is C13H14ClN3. The molecule has 17 heavy (non-hydrogen) atoms. The number of hydrogen-bond acceptors (Lipinski definition) is 2. The van der Waals surface area contributed by atoms with Crippen LogP contribution >= 0.6 is 11.6 Å². The number of nitrogen functional groups attached to an aromatic ring is 1. The fourth-order valence-corrected chi connectivity index (χ4v) is 2.36. The molecule has 1 heterocycles. The molecule has 0 aliphatic heterocycles. The lowest BCUT2D eigenvalue weighted by atomic mass is 9.92. The van der Waals surface area contributed by atoms with Crippen molar-refractivity contribution in [3.8, 4) is 11.3 Å². The predicted octanol–water partition coefficient (Wildman–Crippen LogP) is 3.51. The van der Waals surface area contributed by atoms with Crippen molar-refractivity contribution in [3.63, 3.8) is 0 Å². The first kappa shape index (κ1) is 10.7. The molecule has 0 radical (unpaired) electrons. The molecule has 0 unspecified atom stereocenters. The van der Waals surface area contributed by atoms with E-state index in [1.165, 1.54) is 19.3 Å². The topological polar surface area (TPSA) is 43.8 Å². The standard InChI is InChI=1S/C13H14ClN3/c14-10-6-4-9(5-7-10)12-8-16-13(15)17(12)11-2-1-3-11/h4-8,11H,1-3H2,(H2,15,16). The van der Waals surface area contributed by atoms with Crippen LogP contribution in [-0.2, 0) is 0 Å². The average molecular weight is 248 g/mol.